The van der Waals surface area contributed by atoms with Crippen molar-refractivity contribution in [2.45, 2.75) is 4.90 Å². The summed E-state index contributed by atoms with van der Waals surface area (Å²) >= 11 is 0. The number of nitrogens with zero attached hydrogens (tertiary/aromatic N) is 1. The Kier molecular flexibility index (Phi) is 2.17. The zero-order valence-corrected chi connectivity index (χ0v) is 8.33. The molecule has 0 amide bonds. The maximum atomic E-state index is 13.3. The number of hydrogen-bond donors (Lipinski definition) is 1. The molecule has 0 aliphatic carbocycles. The highest BCUT2D eigenvalue weighted by Crippen LogP contribution is 2.22. The van der Waals surface area contributed by atoms with Crippen LogP contribution < -0.4 is 5.14 Å². The summed E-state index contributed by atoms with van der Waals surface area (Å²) in [7, 11) is -3.88. The lowest BCUT2D eigenvalue weighted by Crippen LogP contribution is -2.13. The van der Waals surface area contributed by atoms with Crippen LogP contribution in [0.4, 0.5) is 4.39 Å². The van der Waals surface area contributed by atoms with E-state index in [-0.39, 0.29) is 15.8 Å². The van der Waals surface area contributed by atoms with E-state index in [9.17, 15) is 12.8 Å². The highest BCUT2D eigenvalue weighted by molar-refractivity contribution is 7.89. The van der Waals surface area contributed by atoms with Gasteiger partial charge in [-0.05, 0) is 24.3 Å². The van der Waals surface area contributed by atoms with Crippen LogP contribution >= 0.6 is 0 Å². The Bertz CT molecular complexity index is 625. The molecule has 2 rings (SSSR count). The van der Waals surface area contributed by atoms with E-state index in [0.29, 0.717) is 0 Å². The lowest BCUT2D eigenvalue weighted by Gasteiger charge is -2.03. The van der Waals surface area contributed by atoms with E-state index >= 15 is 0 Å². The molecule has 0 bridgehead atoms. The number of fused-ring (bicyclic) bond motifs is 1. The van der Waals surface area contributed by atoms with Crippen molar-refractivity contribution in [1.29, 1.82) is 0 Å². The third kappa shape index (κ3) is 1.69. The molecule has 1 heterocycles. The van der Waals surface area contributed by atoms with Crippen molar-refractivity contribution in [3.8, 4) is 0 Å². The van der Waals surface area contributed by atoms with Crippen LogP contribution in [-0.4, -0.2) is 13.4 Å². The van der Waals surface area contributed by atoms with E-state index in [4.69, 9.17) is 5.14 Å². The minimum atomic E-state index is -3.88. The van der Waals surface area contributed by atoms with Crippen molar-refractivity contribution in [3.05, 3.63) is 36.3 Å². The first-order chi connectivity index (χ1) is 7.00. The van der Waals surface area contributed by atoms with Crippen molar-refractivity contribution in [2.24, 2.45) is 5.14 Å². The molecule has 4 nitrogen and oxygen atoms in total. The van der Waals surface area contributed by atoms with E-state index in [2.05, 4.69) is 4.98 Å². The Morgan fingerprint density at radius 3 is 2.67 bits per heavy atom. The molecule has 0 saturated heterocycles. The zero-order chi connectivity index (χ0) is 11.1. The molecule has 0 aliphatic rings. The van der Waals surface area contributed by atoms with E-state index in [1.54, 1.807) is 0 Å². The lowest BCUT2D eigenvalue weighted by molar-refractivity contribution is 0.598. The molecular weight excluding hydrogens is 219 g/mol. The Balaban J connectivity index is 2.96. The maximum Gasteiger partial charge on any atom is 0.240 e. The molecule has 0 spiro atoms. The first-order valence-corrected chi connectivity index (χ1v) is 5.61. The second kappa shape index (κ2) is 3.25. The van der Waals surface area contributed by atoms with Crippen LogP contribution in [0.1, 0.15) is 0 Å². The van der Waals surface area contributed by atoms with Crippen LogP contribution in [0, 0.1) is 5.82 Å². The van der Waals surface area contributed by atoms with Gasteiger partial charge in [0.05, 0.1) is 5.52 Å². The van der Waals surface area contributed by atoms with Gasteiger partial charge in [0.25, 0.3) is 0 Å². The number of halogens is 1. The highest BCUT2D eigenvalue weighted by Gasteiger charge is 2.15. The van der Waals surface area contributed by atoms with Crippen molar-refractivity contribution < 1.29 is 12.8 Å². The molecular formula is C9H7FN2O2S. The van der Waals surface area contributed by atoms with Gasteiger partial charge in [-0.25, -0.2) is 17.9 Å². The Morgan fingerprint density at radius 1 is 1.27 bits per heavy atom. The van der Waals surface area contributed by atoms with Crippen molar-refractivity contribution in [1.82, 2.24) is 4.98 Å². The molecule has 78 valence electrons. The summed E-state index contributed by atoms with van der Waals surface area (Å²) in [6, 6.07) is 5.15. The average Bonchev–Trinajstić information content (AvgIpc) is 2.17. The van der Waals surface area contributed by atoms with Crippen LogP contribution in [0.2, 0.25) is 0 Å². The lowest BCUT2D eigenvalue weighted by atomic mass is 10.2. The Hall–Kier alpha value is -1.53. The minimum absolute atomic E-state index is 0.0556. The maximum absolute atomic E-state index is 13.3. The molecule has 2 N–H and O–H groups in total. The standard InChI is InChI=1S/C9H7FN2O2S/c10-7-3-4-8(15(11,13)14)9-6(7)2-1-5-12-9/h1-5H,(H2,11,13,14). The molecule has 1 aromatic heterocycles. The predicted octanol–water partition coefficient (Wildman–Crippen LogP) is 1.02. The van der Waals surface area contributed by atoms with Gasteiger partial charge >= 0.3 is 0 Å². The van der Waals surface area contributed by atoms with Gasteiger partial charge < -0.3 is 0 Å². The third-order valence-electron chi connectivity index (χ3n) is 1.99. The fourth-order valence-electron chi connectivity index (χ4n) is 1.34. The fourth-order valence-corrected chi connectivity index (χ4v) is 2.03. The molecule has 0 radical (unpaired) electrons. The normalized spacial score (nSPS) is 11.9. The molecule has 0 atom stereocenters. The molecule has 2 aromatic rings. The van der Waals surface area contributed by atoms with Crippen LogP contribution in [0.25, 0.3) is 10.9 Å². The molecule has 0 fully saturated rings. The summed E-state index contributed by atoms with van der Waals surface area (Å²) in [6.45, 7) is 0. The van der Waals surface area contributed by atoms with Crippen LogP contribution in [-0.2, 0) is 10.0 Å². The van der Waals surface area contributed by atoms with Gasteiger partial charge in [0.15, 0.2) is 0 Å². The zero-order valence-electron chi connectivity index (χ0n) is 7.51. The van der Waals surface area contributed by atoms with Crippen LogP contribution in [0.15, 0.2) is 35.4 Å². The third-order valence-corrected chi connectivity index (χ3v) is 2.93. The fraction of sp³-hybridized carbons (Fsp3) is 0. The van der Waals surface area contributed by atoms with Crippen molar-refractivity contribution in [2.75, 3.05) is 0 Å². The summed E-state index contributed by atoms with van der Waals surface area (Å²) in [5.74, 6) is -0.523. The smallest absolute Gasteiger partial charge is 0.240 e. The van der Waals surface area contributed by atoms with Crippen molar-refractivity contribution >= 4 is 20.9 Å². The van der Waals surface area contributed by atoms with Crippen LogP contribution in [0.3, 0.4) is 0 Å². The number of aromatic nitrogens is 1. The number of pyridine rings is 1. The first-order valence-electron chi connectivity index (χ1n) is 4.06. The number of nitrogens with two attached hydrogens (primary N) is 1. The SMILES string of the molecule is NS(=O)(=O)c1ccc(F)c2cccnc12. The molecule has 0 aliphatic heterocycles. The number of hydrogen-bond acceptors (Lipinski definition) is 3. The summed E-state index contributed by atoms with van der Waals surface area (Å²) in [5, 5.41) is 5.13. The highest BCUT2D eigenvalue weighted by atomic mass is 32.2. The van der Waals surface area contributed by atoms with Gasteiger partial charge in [-0.3, -0.25) is 4.98 Å². The van der Waals surface area contributed by atoms with Gasteiger partial charge in [-0.1, -0.05) is 0 Å². The molecule has 0 unspecified atom stereocenters. The number of benzene rings is 1. The van der Waals surface area contributed by atoms with E-state index in [1.807, 2.05) is 0 Å². The predicted molar refractivity (Wildman–Crippen MR) is 53.1 cm³/mol. The summed E-state index contributed by atoms with van der Waals surface area (Å²) in [5.41, 5.74) is 0.0556. The van der Waals surface area contributed by atoms with Gasteiger partial charge in [-0.2, -0.15) is 0 Å². The molecule has 0 saturated carbocycles. The largest absolute Gasteiger partial charge is 0.255 e. The second-order valence-electron chi connectivity index (χ2n) is 2.99. The Morgan fingerprint density at radius 2 is 2.00 bits per heavy atom. The number of primary sulfonamides is 1. The Labute approximate surface area is 85.6 Å². The minimum Gasteiger partial charge on any atom is -0.255 e. The number of rotatable bonds is 1. The van der Waals surface area contributed by atoms with Crippen molar-refractivity contribution in [3.63, 3.8) is 0 Å². The van der Waals surface area contributed by atoms with E-state index in [1.165, 1.54) is 18.3 Å². The topological polar surface area (TPSA) is 73.1 Å². The molecule has 15 heavy (non-hydrogen) atoms. The monoisotopic (exact) mass is 226 g/mol. The van der Waals surface area contributed by atoms with Gasteiger partial charge in [0.2, 0.25) is 10.0 Å². The molecule has 6 heteroatoms. The summed E-state index contributed by atoms with van der Waals surface area (Å²) < 4.78 is 35.6. The second-order valence-corrected chi connectivity index (χ2v) is 4.52. The summed E-state index contributed by atoms with van der Waals surface area (Å²) in [6.07, 6.45) is 1.39. The number of sulfonamides is 1. The van der Waals surface area contributed by atoms with Crippen LogP contribution in [0.5, 0.6) is 0 Å². The quantitative estimate of drug-likeness (QED) is 0.789. The van der Waals surface area contributed by atoms with Gasteiger partial charge in [0.1, 0.15) is 10.7 Å². The first kappa shape index (κ1) is 10.0. The summed E-state index contributed by atoms with van der Waals surface area (Å²) in [4.78, 5) is 3.64. The van der Waals surface area contributed by atoms with Gasteiger partial charge in [-0.15, -0.1) is 0 Å². The van der Waals surface area contributed by atoms with Gasteiger partial charge in [0, 0.05) is 11.6 Å². The van der Waals surface area contributed by atoms with E-state index in [0.717, 1.165) is 12.1 Å². The average molecular weight is 226 g/mol. The van der Waals surface area contributed by atoms with E-state index < -0.39 is 15.8 Å². The molecule has 1 aromatic carbocycles.